The van der Waals surface area contributed by atoms with Crippen LogP contribution >= 0.6 is 0 Å². The van der Waals surface area contributed by atoms with E-state index in [1.165, 1.54) is 18.9 Å². The van der Waals surface area contributed by atoms with Gasteiger partial charge in [-0.1, -0.05) is 37.3 Å². The first-order chi connectivity index (χ1) is 12.0. The third-order valence-corrected chi connectivity index (χ3v) is 4.21. The minimum atomic E-state index is -0.901. The van der Waals surface area contributed by atoms with Crippen molar-refractivity contribution in [2.45, 2.75) is 44.9 Å². The van der Waals surface area contributed by atoms with Crippen molar-refractivity contribution in [3.05, 3.63) is 35.9 Å². The van der Waals surface area contributed by atoms with Crippen molar-refractivity contribution in [2.75, 3.05) is 13.7 Å². The highest BCUT2D eigenvalue weighted by Gasteiger charge is 2.41. The molecule has 0 aliphatic carbocycles. The molecule has 1 aliphatic rings. The largest absolute Gasteiger partial charge is 0.469 e. The first-order valence-corrected chi connectivity index (χ1v) is 8.23. The standard InChI is InChI=1S/C18H23NO6/c1-4-14-11-24-18(22)19(14)16(25-12(2)20)10-15(17(21)23-3)13-8-6-5-7-9-13/h5-9,14-16H,4,10-11H2,1-3H3/t14-,15+,16?/m1/s1. The number of rotatable bonds is 7. The van der Waals surface area contributed by atoms with E-state index in [4.69, 9.17) is 14.2 Å². The highest BCUT2D eigenvalue weighted by molar-refractivity contribution is 5.78. The van der Waals surface area contributed by atoms with Gasteiger partial charge in [0.25, 0.3) is 0 Å². The Morgan fingerprint density at radius 1 is 1.32 bits per heavy atom. The Kier molecular flexibility index (Phi) is 6.38. The van der Waals surface area contributed by atoms with Gasteiger partial charge in [-0.15, -0.1) is 0 Å². The van der Waals surface area contributed by atoms with Crippen molar-refractivity contribution < 1.29 is 28.6 Å². The van der Waals surface area contributed by atoms with E-state index in [0.29, 0.717) is 6.42 Å². The van der Waals surface area contributed by atoms with E-state index in [-0.39, 0.29) is 19.1 Å². The summed E-state index contributed by atoms with van der Waals surface area (Å²) in [6.45, 7) is 3.42. The number of carbonyl (C=O) groups is 3. The highest BCUT2D eigenvalue weighted by atomic mass is 16.6. The molecule has 0 bridgehead atoms. The molecule has 7 nitrogen and oxygen atoms in total. The van der Waals surface area contributed by atoms with Crippen LogP contribution in [-0.4, -0.2) is 48.9 Å². The molecule has 1 aromatic carbocycles. The van der Waals surface area contributed by atoms with Gasteiger partial charge in [0.05, 0.1) is 19.1 Å². The molecule has 1 unspecified atom stereocenters. The van der Waals surface area contributed by atoms with Gasteiger partial charge in [-0.2, -0.15) is 0 Å². The second-order valence-electron chi connectivity index (χ2n) is 5.83. The van der Waals surface area contributed by atoms with Gasteiger partial charge in [0.2, 0.25) is 0 Å². The van der Waals surface area contributed by atoms with Crippen molar-refractivity contribution in [1.82, 2.24) is 4.90 Å². The van der Waals surface area contributed by atoms with Crippen molar-refractivity contribution >= 4 is 18.0 Å². The van der Waals surface area contributed by atoms with Crippen molar-refractivity contribution in [3.63, 3.8) is 0 Å². The molecule has 1 heterocycles. The second kappa shape index (κ2) is 8.50. The van der Waals surface area contributed by atoms with E-state index in [9.17, 15) is 14.4 Å². The van der Waals surface area contributed by atoms with Crippen LogP contribution in [0.2, 0.25) is 0 Å². The van der Waals surface area contributed by atoms with Crippen molar-refractivity contribution in [2.24, 2.45) is 0 Å². The van der Waals surface area contributed by atoms with Gasteiger partial charge in [0.15, 0.2) is 6.23 Å². The summed E-state index contributed by atoms with van der Waals surface area (Å²) in [7, 11) is 1.30. The average Bonchev–Trinajstić information content (AvgIpc) is 2.99. The number of methoxy groups -OCH3 is 1. The molecule has 0 radical (unpaired) electrons. The zero-order valence-electron chi connectivity index (χ0n) is 14.6. The molecule has 0 aromatic heterocycles. The number of hydrogen-bond acceptors (Lipinski definition) is 6. The van der Waals surface area contributed by atoms with E-state index in [2.05, 4.69) is 0 Å². The van der Waals surface area contributed by atoms with Crippen LogP contribution in [0.4, 0.5) is 4.79 Å². The molecule has 2 rings (SSSR count). The van der Waals surface area contributed by atoms with Crippen LogP contribution in [0.15, 0.2) is 30.3 Å². The number of ether oxygens (including phenoxy) is 3. The van der Waals surface area contributed by atoms with E-state index in [0.717, 1.165) is 5.56 Å². The summed E-state index contributed by atoms with van der Waals surface area (Å²) in [6.07, 6.45) is -0.698. The van der Waals surface area contributed by atoms with Gasteiger partial charge in [-0.25, -0.2) is 4.79 Å². The van der Waals surface area contributed by atoms with Crippen LogP contribution in [-0.2, 0) is 23.8 Å². The zero-order chi connectivity index (χ0) is 18.4. The lowest BCUT2D eigenvalue weighted by Crippen LogP contribution is -2.45. The maximum absolute atomic E-state index is 12.3. The maximum Gasteiger partial charge on any atom is 0.413 e. The second-order valence-corrected chi connectivity index (χ2v) is 5.83. The SMILES string of the molecule is CC[C@@H]1COC(=O)N1C(C[C@H](C(=O)OC)c1ccccc1)OC(C)=O. The maximum atomic E-state index is 12.3. The van der Waals surface area contributed by atoms with Crippen LogP contribution in [0.3, 0.4) is 0 Å². The Hall–Kier alpha value is -2.57. The summed E-state index contributed by atoms with van der Waals surface area (Å²) >= 11 is 0. The molecular formula is C18H23NO6. The Morgan fingerprint density at radius 2 is 2.00 bits per heavy atom. The summed E-state index contributed by atoms with van der Waals surface area (Å²) in [4.78, 5) is 37.4. The molecular weight excluding hydrogens is 326 g/mol. The van der Waals surface area contributed by atoms with Crippen LogP contribution in [0.25, 0.3) is 0 Å². The van der Waals surface area contributed by atoms with E-state index in [1.54, 1.807) is 12.1 Å². The lowest BCUT2D eigenvalue weighted by atomic mass is 9.94. The Morgan fingerprint density at radius 3 is 2.56 bits per heavy atom. The molecule has 1 amide bonds. The van der Waals surface area contributed by atoms with Crippen molar-refractivity contribution in [3.8, 4) is 0 Å². The van der Waals surface area contributed by atoms with E-state index in [1.807, 2.05) is 25.1 Å². The smallest absolute Gasteiger partial charge is 0.413 e. The summed E-state index contributed by atoms with van der Waals surface area (Å²) in [5.74, 6) is -1.65. The fourth-order valence-electron chi connectivity index (χ4n) is 2.95. The van der Waals surface area contributed by atoms with E-state index < -0.39 is 30.2 Å². The lowest BCUT2D eigenvalue weighted by Gasteiger charge is -2.31. The molecule has 1 aromatic rings. The number of amides is 1. The van der Waals surface area contributed by atoms with Gasteiger partial charge in [-0.3, -0.25) is 14.5 Å². The number of carbonyl (C=O) groups excluding carboxylic acids is 3. The minimum absolute atomic E-state index is 0.0991. The number of benzene rings is 1. The molecule has 25 heavy (non-hydrogen) atoms. The Balaban J connectivity index is 2.31. The average molecular weight is 349 g/mol. The third kappa shape index (κ3) is 4.49. The molecule has 3 atom stereocenters. The first kappa shape index (κ1) is 18.8. The molecule has 0 saturated carbocycles. The fourth-order valence-corrected chi connectivity index (χ4v) is 2.95. The van der Waals surface area contributed by atoms with Gasteiger partial charge in [0, 0.05) is 13.3 Å². The highest BCUT2D eigenvalue weighted by Crippen LogP contribution is 2.29. The Labute approximate surface area is 146 Å². The monoisotopic (exact) mass is 349 g/mol. The van der Waals surface area contributed by atoms with Crippen LogP contribution in [0, 0.1) is 0 Å². The molecule has 1 aliphatic heterocycles. The van der Waals surface area contributed by atoms with Crippen LogP contribution in [0.1, 0.15) is 38.2 Å². The number of cyclic esters (lactones) is 1. The number of esters is 2. The predicted octanol–water partition coefficient (Wildman–Crippen LogP) is 2.45. The Bertz CT molecular complexity index is 617. The lowest BCUT2D eigenvalue weighted by molar-refractivity contribution is -0.158. The molecule has 0 spiro atoms. The quantitative estimate of drug-likeness (QED) is 0.555. The zero-order valence-corrected chi connectivity index (χ0v) is 14.6. The number of nitrogens with zero attached hydrogens (tertiary/aromatic N) is 1. The summed E-state index contributed by atoms with van der Waals surface area (Å²) in [5, 5.41) is 0. The predicted molar refractivity (Wildman–Crippen MR) is 88.6 cm³/mol. The topological polar surface area (TPSA) is 82.1 Å². The van der Waals surface area contributed by atoms with E-state index >= 15 is 0 Å². The first-order valence-electron chi connectivity index (χ1n) is 8.23. The summed E-state index contributed by atoms with van der Waals surface area (Å²) in [5.41, 5.74) is 0.729. The normalized spacial score (nSPS) is 19.1. The molecule has 1 fully saturated rings. The molecule has 1 saturated heterocycles. The fraction of sp³-hybridized carbons (Fsp3) is 0.500. The minimum Gasteiger partial charge on any atom is -0.469 e. The third-order valence-electron chi connectivity index (χ3n) is 4.21. The van der Waals surface area contributed by atoms with Gasteiger partial charge in [0.1, 0.15) is 6.61 Å². The van der Waals surface area contributed by atoms with Crippen molar-refractivity contribution in [1.29, 1.82) is 0 Å². The van der Waals surface area contributed by atoms with Crippen LogP contribution in [0.5, 0.6) is 0 Å². The van der Waals surface area contributed by atoms with Gasteiger partial charge < -0.3 is 14.2 Å². The van der Waals surface area contributed by atoms with Gasteiger partial charge in [-0.05, 0) is 12.0 Å². The summed E-state index contributed by atoms with van der Waals surface area (Å²) < 4.78 is 15.3. The molecule has 0 N–H and O–H groups in total. The number of hydrogen-bond donors (Lipinski definition) is 0. The summed E-state index contributed by atoms with van der Waals surface area (Å²) in [6, 6.07) is 8.85. The molecule has 136 valence electrons. The van der Waals surface area contributed by atoms with Gasteiger partial charge >= 0.3 is 18.0 Å². The molecule has 7 heteroatoms. The van der Waals surface area contributed by atoms with Crippen LogP contribution < -0.4 is 0 Å².